The lowest BCUT2D eigenvalue weighted by molar-refractivity contribution is 0.0310. The van der Waals surface area contributed by atoms with Gasteiger partial charge < -0.3 is 20.5 Å². The molecule has 1 atom stereocenters. The van der Waals surface area contributed by atoms with Gasteiger partial charge in [0, 0.05) is 12.2 Å². The van der Waals surface area contributed by atoms with Gasteiger partial charge >= 0.3 is 0 Å². The third-order valence-corrected chi connectivity index (χ3v) is 3.20. The van der Waals surface area contributed by atoms with Gasteiger partial charge in [-0.3, -0.25) is 0 Å². The molecule has 22 heavy (non-hydrogen) atoms. The van der Waals surface area contributed by atoms with Crippen LogP contribution in [0.4, 0.5) is 5.69 Å². The number of rotatable bonds is 7. The molecule has 2 rings (SSSR count). The summed E-state index contributed by atoms with van der Waals surface area (Å²) in [6.07, 6.45) is -0.612. The standard InChI is InChI=1S/C17H20N2O2S/c20-16(13-21-12-14-7-3-1-4-8-14)11-18-17(22)19-15-9-5-2-6-10-15/h1-10,16,20H,11-13H2,(H2,18,19,22)/t16-/m0/s1. The molecule has 0 saturated heterocycles. The molecular weight excluding hydrogens is 296 g/mol. The third-order valence-electron chi connectivity index (χ3n) is 2.95. The van der Waals surface area contributed by atoms with Crippen LogP contribution in [0.3, 0.4) is 0 Å². The van der Waals surface area contributed by atoms with E-state index in [9.17, 15) is 5.11 Å². The van der Waals surface area contributed by atoms with Crippen LogP contribution in [0.2, 0.25) is 0 Å². The molecule has 4 nitrogen and oxygen atoms in total. The summed E-state index contributed by atoms with van der Waals surface area (Å²) in [6.45, 7) is 1.09. The molecule has 0 saturated carbocycles. The first kappa shape index (κ1) is 16.4. The first-order valence-corrected chi connectivity index (χ1v) is 7.54. The van der Waals surface area contributed by atoms with Gasteiger partial charge in [-0.25, -0.2) is 0 Å². The predicted octanol–water partition coefficient (Wildman–Crippen LogP) is 2.55. The minimum atomic E-state index is -0.612. The first-order chi connectivity index (χ1) is 10.7. The van der Waals surface area contributed by atoms with E-state index >= 15 is 0 Å². The van der Waals surface area contributed by atoms with E-state index in [1.54, 1.807) is 0 Å². The van der Waals surface area contributed by atoms with Crippen molar-refractivity contribution >= 4 is 23.0 Å². The molecular formula is C17H20N2O2S. The highest BCUT2D eigenvalue weighted by molar-refractivity contribution is 7.80. The van der Waals surface area contributed by atoms with Crippen LogP contribution in [0, 0.1) is 0 Å². The molecule has 0 bridgehead atoms. The normalized spacial score (nSPS) is 11.7. The Kier molecular flexibility index (Phi) is 6.83. The smallest absolute Gasteiger partial charge is 0.170 e. The SMILES string of the molecule is O[C@@H](CNC(=S)Nc1ccccc1)COCc1ccccc1. The highest BCUT2D eigenvalue weighted by Gasteiger charge is 2.05. The number of benzene rings is 2. The summed E-state index contributed by atoms with van der Waals surface area (Å²) in [6, 6.07) is 19.5. The van der Waals surface area contributed by atoms with Crippen LogP contribution in [0.1, 0.15) is 5.56 Å². The van der Waals surface area contributed by atoms with Crippen LogP contribution in [0.5, 0.6) is 0 Å². The van der Waals surface area contributed by atoms with Crippen LogP contribution in [-0.4, -0.2) is 29.5 Å². The summed E-state index contributed by atoms with van der Waals surface area (Å²) in [5.74, 6) is 0. The van der Waals surface area contributed by atoms with Gasteiger partial charge in [0.1, 0.15) is 0 Å². The molecule has 0 radical (unpaired) electrons. The summed E-state index contributed by atoms with van der Waals surface area (Å²) < 4.78 is 5.48. The predicted molar refractivity (Wildman–Crippen MR) is 92.8 cm³/mol. The number of hydrogen-bond acceptors (Lipinski definition) is 3. The van der Waals surface area contributed by atoms with Crippen LogP contribution in [0.15, 0.2) is 60.7 Å². The van der Waals surface area contributed by atoms with Gasteiger partial charge in [0.15, 0.2) is 5.11 Å². The molecule has 0 aromatic heterocycles. The number of thiocarbonyl (C=S) groups is 1. The Morgan fingerprint density at radius 3 is 2.36 bits per heavy atom. The zero-order valence-corrected chi connectivity index (χ0v) is 13.1. The summed E-state index contributed by atoms with van der Waals surface area (Å²) in [7, 11) is 0. The number of aliphatic hydroxyl groups excluding tert-OH is 1. The molecule has 0 unspecified atom stereocenters. The molecule has 0 aliphatic heterocycles. The average Bonchev–Trinajstić information content (AvgIpc) is 2.55. The molecule has 2 aromatic carbocycles. The average molecular weight is 316 g/mol. The fraction of sp³-hybridized carbons (Fsp3) is 0.235. The molecule has 0 aliphatic carbocycles. The monoisotopic (exact) mass is 316 g/mol. The number of para-hydroxylation sites is 1. The number of ether oxygens (including phenoxy) is 1. The Morgan fingerprint density at radius 2 is 1.68 bits per heavy atom. The van der Waals surface area contributed by atoms with Gasteiger partial charge in [-0.05, 0) is 29.9 Å². The van der Waals surface area contributed by atoms with E-state index in [1.807, 2.05) is 60.7 Å². The second-order valence-electron chi connectivity index (χ2n) is 4.86. The minimum absolute atomic E-state index is 0.260. The summed E-state index contributed by atoms with van der Waals surface area (Å²) in [5.41, 5.74) is 2.00. The number of nitrogens with one attached hydrogen (secondary N) is 2. The van der Waals surface area contributed by atoms with Crippen molar-refractivity contribution in [2.24, 2.45) is 0 Å². The lowest BCUT2D eigenvalue weighted by atomic mass is 10.2. The van der Waals surface area contributed by atoms with Crippen molar-refractivity contribution in [3.63, 3.8) is 0 Å². The lowest BCUT2D eigenvalue weighted by Gasteiger charge is -2.15. The van der Waals surface area contributed by atoms with Crippen molar-refractivity contribution in [2.45, 2.75) is 12.7 Å². The summed E-state index contributed by atoms with van der Waals surface area (Å²) >= 11 is 5.17. The maximum atomic E-state index is 9.87. The van der Waals surface area contributed by atoms with E-state index in [4.69, 9.17) is 17.0 Å². The van der Waals surface area contributed by atoms with Gasteiger partial charge in [0.2, 0.25) is 0 Å². The van der Waals surface area contributed by atoms with Crippen molar-refractivity contribution in [3.05, 3.63) is 66.2 Å². The van der Waals surface area contributed by atoms with Gasteiger partial charge in [-0.2, -0.15) is 0 Å². The lowest BCUT2D eigenvalue weighted by Crippen LogP contribution is -2.36. The van der Waals surface area contributed by atoms with Crippen molar-refractivity contribution in [3.8, 4) is 0 Å². The molecule has 116 valence electrons. The second-order valence-corrected chi connectivity index (χ2v) is 5.26. The molecule has 0 spiro atoms. The molecule has 2 aromatic rings. The number of aliphatic hydroxyl groups is 1. The third kappa shape index (κ3) is 6.22. The molecule has 0 fully saturated rings. The molecule has 0 aliphatic rings. The second kappa shape index (κ2) is 9.15. The number of anilines is 1. The molecule has 0 heterocycles. The zero-order chi connectivity index (χ0) is 15.6. The largest absolute Gasteiger partial charge is 0.389 e. The molecule has 5 heteroatoms. The summed E-state index contributed by atoms with van der Waals surface area (Å²) in [5, 5.41) is 16.4. The van der Waals surface area contributed by atoms with E-state index in [1.165, 1.54) is 0 Å². The van der Waals surface area contributed by atoms with E-state index in [2.05, 4.69) is 10.6 Å². The molecule has 0 amide bonds. The van der Waals surface area contributed by atoms with Gasteiger partial charge in [-0.1, -0.05) is 48.5 Å². The Hall–Kier alpha value is -1.95. The Bertz CT molecular complexity index is 563. The van der Waals surface area contributed by atoms with Crippen LogP contribution >= 0.6 is 12.2 Å². The van der Waals surface area contributed by atoms with E-state index in [0.29, 0.717) is 18.3 Å². The highest BCUT2D eigenvalue weighted by atomic mass is 32.1. The van der Waals surface area contributed by atoms with Gasteiger partial charge in [0.05, 0.1) is 19.3 Å². The Labute approximate surface area is 136 Å². The van der Waals surface area contributed by atoms with E-state index in [-0.39, 0.29) is 6.61 Å². The zero-order valence-electron chi connectivity index (χ0n) is 12.2. The van der Waals surface area contributed by atoms with Crippen molar-refractivity contribution in [1.82, 2.24) is 5.32 Å². The van der Waals surface area contributed by atoms with E-state index in [0.717, 1.165) is 11.3 Å². The Balaban J connectivity index is 1.61. The van der Waals surface area contributed by atoms with Crippen LogP contribution in [0.25, 0.3) is 0 Å². The van der Waals surface area contributed by atoms with Crippen molar-refractivity contribution in [2.75, 3.05) is 18.5 Å². The van der Waals surface area contributed by atoms with Crippen LogP contribution < -0.4 is 10.6 Å². The van der Waals surface area contributed by atoms with Crippen molar-refractivity contribution in [1.29, 1.82) is 0 Å². The van der Waals surface area contributed by atoms with Gasteiger partial charge in [-0.15, -0.1) is 0 Å². The quantitative estimate of drug-likeness (QED) is 0.686. The summed E-state index contributed by atoms with van der Waals surface area (Å²) in [4.78, 5) is 0. The van der Waals surface area contributed by atoms with Crippen LogP contribution in [-0.2, 0) is 11.3 Å². The minimum Gasteiger partial charge on any atom is -0.389 e. The van der Waals surface area contributed by atoms with E-state index < -0.39 is 6.10 Å². The topological polar surface area (TPSA) is 53.5 Å². The number of hydrogen-bond donors (Lipinski definition) is 3. The highest BCUT2D eigenvalue weighted by Crippen LogP contribution is 2.04. The van der Waals surface area contributed by atoms with Crippen molar-refractivity contribution < 1.29 is 9.84 Å². The van der Waals surface area contributed by atoms with Gasteiger partial charge in [0.25, 0.3) is 0 Å². The maximum absolute atomic E-state index is 9.87. The molecule has 3 N–H and O–H groups in total. The fourth-order valence-electron chi connectivity index (χ4n) is 1.85. The first-order valence-electron chi connectivity index (χ1n) is 7.13. The maximum Gasteiger partial charge on any atom is 0.170 e. The fourth-order valence-corrected chi connectivity index (χ4v) is 2.05. The Morgan fingerprint density at radius 1 is 1.05 bits per heavy atom.